The van der Waals surface area contributed by atoms with Gasteiger partial charge in [-0.25, -0.2) is 4.98 Å². The number of anilines is 1. The van der Waals surface area contributed by atoms with Gasteiger partial charge in [-0.2, -0.15) is 0 Å². The summed E-state index contributed by atoms with van der Waals surface area (Å²) in [5, 5.41) is 3.26. The molecular formula is C9H13ClN3O2. The summed E-state index contributed by atoms with van der Waals surface area (Å²) in [5.74, 6) is 0.584. The van der Waals surface area contributed by atoms with Crippen molar-refractivity contribution in [2.45, 2.75) is 0 Å². The number of hydrogen-bond donors (Lipinski definition) is 1. The highest BCUT2D eigenvalue weighted by molar-refractivity contribution is 6.29. The van der Waals surface area contributed by atoms with Crippen molar-refractivity contribution in [3.8, 4) is 0 Å². The van der Waals surface area contributed by atoms with E-state index in [4.69, 9.17) is 21.1 Å². The lowest BCUT2D eigenvalue weighted by Gasteiger charge is -2.06. The molecule has 0 saturated heterocycles. The Morgan fingerprint density at radius 3 is 2.87 bits per heavy atom. The quantitative estimate of drug-likeness (QED) is 0.566. The van der Waals surface area contributed by atoms with Gasteiger partial charge in [0.2, 0.25) is 0 Å². The molecule has 1 heterocycles. The molecule has 5 nitrogen and oxygen atoms in total. The van der Waals surface area contributed by atoms with Crippen LogP contribution in [0.4, 0.5) is 5.82 Å². The number of nitrogens with one attached hydrogen (secondary N) is 1. The van der Waals surface area contributed by atoms with Gasteiger partial charge in [0.05, 0.1) is 25.6 Å². The van der Waals surface area contributed by atoms with Crippen molar-refractivity contribution in [1.29, 1.82) is 0 Å². The van der Waals surface area contributed by atoms with Crippen LogP contribution < -0.4 is 5.32 Å². The molecule has 0 fully saturated rings. The van der Waals surface area contributed by atoms with Crippen LogP contribution in [-0.2, 0) is 9.47 Å². The van der Waals surface area contributed by atoms with Crippen LogP contribution in [0.15, 0.2) is 12.4 Å². The van der Waals surface area contributed by atoms with Gasteiger partial charge in [0.1, 0.15) is 17.7 Å². The predicted octanol–water partition coefficient (Wildman–Crippen LogP) is 1.37. The molecule has 0 unspecified atom stereocenters. The maximum Gasteiger partial charge on any atom is 0.149 e. The minimum Gasteiger partial charge on any atom is -0.379 e. The molecule has 0 spiro atoms. The molecule has 0 aliphatic rings. The SMILES string of the molecule is [CH2]COCCOCNc1cncc(Cl)n1. The largest absolute Gasteiger partial charge is 0.379 e. The third-order valence-electron chi connectivity index (χ3n) is 1.48. The fourth-order valence-corrected chi connectivity index (χ4v) is 0.992. The van der Waals surface area contributed by atoms with Crippen LogP contribution in [0.1, 0.15) is 0 Å². The Hall–Kier alpha value is -0.910. The van der Waals surface area contributed by atoms with Crippen molar-refractivity contribution in [2.24, 2.45) is 0 Å². The van der Waals surface area contributed by atoms with Crippen LogP contribution in [-0.4, -0.2) is 36.5 Å². The second-order valence-electron chi connectivity index (χ2n) is 2.57. The van der Waals surface area contributed by atoms with Gasteiger partial charge < -0.3 is 14.8 Å². The number of nitrogens with zero attached hydrogens (tertiary/aromatic N) is 2. The second kappa shape index (κ2) is 7.39. The number of ether oxygens (including phenoxy) is 2. The van der Waals surface area contributed by atoms with Crippen molar-refractivity contribution < 1.29 is 9.47 Å². The first-order valence-corrected chi connectivity index (χ1v) is 4.87. The van der Waals surface area contributed by atoms with E-state index in [2.05, 4.69) is 22.2 Å². The van der Waals surface area contributed by atoms with E-state index < -0.39 is 0 Å². The Bertz CT molecular complexity index is 286. The zero-order chi connectivity index (χ0) is 10.9. The van der Waals surface area contributed by atoms with Crippen LogP contribution >= 0.6 is 11.6 Å². The number of halogens is 1. The molecule has 83 valence electrons. The van der Waals surface area contributed by atoms with Crippen molar-refractivity contribution in [3.63, 3.8) is 0 Å². The molecule has 1 aromatic heterocycles. The van der Waals surface area contributed by atoms with Gasteiger partial charge in [-0.15, -0.1) is 0 Å². The molecule has 0 bridgehead atoms. The van der Waals surface area contributed by atoms with E-state index >= 15 is 0 Å². The summed E-state index contributed by atoms with van der Waals surface area (Å²) in [6.07, 6.45) is 3.04. The molecule has 0 atom stereocenters. The smallest absolute Gasteiger partial charge is 0.149 e. The molecule has 15 heavy (non-hydrogen) atoms. The third kappa shape index (κ3) is 5.51. The summed E-state index contributed by atoms with van der Waals surface area (Å²) in [6, 6.07) is 0. The first kappa shape index (κ1) is 12.2. The van der Waals surface area contributed by atoms with Gasteiger partial charge in [0, 0.05) is 6.61 Å². The van der Waals surface area contributed by atoms with Crippen LogP contribution in [0.3, 0.4) is 0 Å². The third-order valence-corrected chi connectivity index (χ3v) is 1.66. The molecular weight excluding hydrogens is 218 g/mol. The summed E-state index contributed by atoms with van der Waals surface area (Å²) in [7, 11) is 0. The Labute approximate surface area is 93.8 Å². The van der Waals surface area contributed by atoms with Gasteiger partial charge in [-0.1, -0.05) is 11.6 Å². The molecule has 6 heteroatoms. The van der Waals surface area contributed by atoms with E-state index in [1.54, 1.807) is 6.20 Å². The highest BCUT2D eigenvalue weighted by Gasteiger charge is 1.94. The van der Waals surface area contributed by atoms with Crippen LogP contribution in [0.5, 0.6) is 0 Å². The van der Waals surface area contributed by atoms with Crippen LogP contribution in [0.2, 0.25) is 5.15 Å². The minimum atomic E-state index is 0.343. The monoisotopic (exact) mass is 230 g/mol. The first-order valence-electron chi connectivity index (χ1n) is 4.49. The van der Waals surface area contributed by atoms with Crippen LogP contribution in [0, 0.1) is 6.92 Å². The van der Waals surface area contributed by atoms with Gasteiger partial charge in [0.25, 0.3) is 0 Å². The van der Waals surface area contributed by atoms with Crippen molar-refractivity contribution >= 4 is 17.4 Å². The Balaban J connectivity index is 2.10. The maximum absolute atomic E-state index is 5.64. The lowest BCUT2D eigenvalue weighted by molar-refractivity contribution is 0.0658. The van der Waals surface area contributed by atoms with E-state index in [1.807, 2.05) is 0 Å². The summed E-state index contributed by atoms with van der Waals surface area (Å²) < 4.78 is 10.2. The standard InChI is InChI=1S/C9H13ClN3O2/c1-2-14-3-4-15-7-12-9-6-11-5-8(10)13-9/h5-6H,1-4,7H2,(H,12,13). The lowest BCUT2D eigenvalue weighted by atomic mass is 10.6. The number of aromatic nitrogens is 2. The van der Waals surface area contributed by atoms with Gasteiger partial charge in [-0.05, 0) is 6.92 Å². The number of hydrogen-bond acceptors (Lipinski definition) is 5. The fourth-order valence-electron chi connectivity index (χ4n) is 0.844. The Morgan fingerprint density at radius 2 is 2.13 bits per heavy atom. The molecule has 1 radical (unpaired) electrons. The van der Waals surface area contributed by atoms with Crippen molar-refractivity contribution in [1.82, 2.24) is 9.97 Å². The zero-order valence-electron chi connectivity index (χ0n) is 8.28. The Morgan fingerprint density at radius 1 is 1.33 bits per heavy atom. The summed E-state index contributed by atoms with van der Waals surface area (Å²) in [5.41, 5.74) is 0. The van der Waals surface area contributed by atoms with Gasteiger partial charge in [-0.3, -0.25) is 4.98 Å². The van der Waals surface area contributed by atoms with E-state index in [-0.39, 0.29) is 0 Å². The van der Waals surface area contributed by atoms with Crippen LogP contribution in [0.25, 0.3) is 0 Å². The zero-order valence-corrected chi connectivity index (χ0v) is 9.04. The fraction of sp³-hybridized carbons (Fsp3) is 0.444. The van der Waals surface area contributed by atoms with E-state index in [0.717, 1.165) is 0 Å². The van der Waals surface area contributed by atoms with E-state index in [9.17, 15) is 0 Å². The second-order valence-corrected chi connectivity index (χ2v) is 2.96. The first-order chi connectivity index (χ1) is 7.33. The average Bonchev–Trinajstić information content (AvgIpc) is 2.23. The molecule has 1 N–H and O–H groups in total. The number of rotatable bonds is 7. The van der Waals surface area contributed by atoms with Crippen molar-refractivity contribution in [3.05, 3.63) is 24.5 Å². The molecule has 0 aliphatic heterocycles. The molecule has 0 aliphatic carbocycles. The molecule has 0 saturated carbocycles. The van der Waals surface area contributed by atoms with E-state index in [1.165, 1.54) is 6.20 Å². The topological polar surface area (TPSA) is 56.3 Å². The highest BCUT2D eigenvalue weighted by Crippen LogP contribution is 2.05. The molecule has 0 aromatic carbocycles. The highest BCUT2D eigenvalue weighted by atomic mass is 35.5. The summed E-state index contributed by atoms with van der Waals surface area (Å²) in [4.78, 5) is 7.84. The Kier molecular flexibility index (Phi) is 5.99. The minimum absolute atomic E-state index is 0.343. The maximum atomic E-state index is 5.64. The predicted molar refractivity (Wildman–Crippen MR) is 57.7 cm³/mol. The lowest BCUT2D eigenvalue weighted by Crippen LogP contribution is -2.11. The van der Waals surface area contributed by atoms with Gasteiger partial charge >= 0.3 is 0 Å². The molecule has 1 aromatic rings. The van der Waals surface area contributed by atoms with Crippen molar-refractivity contribution in [2.75, 3.05) is 31.9 Å². The van der Waals surface area contributed by atoms with Gasteiger partial charge in [0.15, 0.2) is 0 Å². The van der Waals surface area contributed by atoms with E-state index in [0.29, 0.717) is 37.5 Å². The summed E-state index contributed by atoms with van der Waals surface area (Å²) in [6.45, 7) is 5.38. The average molecular weight is 231 g/mol. The molecule has 1 rings (SSSR count). The summed E-state index contributed by atoms with van der Waals surface area (Å²) >= 11 is 5.64. The molecule has 0 amide bonds. The normalized spacial score (nSPS) is 10.3.